The zero-order valence-corrected chi connectivity index (χ0v) is 15.1. The summed E-state index contributed by atoms with van der Waals surface area (Å²) < 4.78 is 6.25. The van der Waals surface area contributed by atoms with Crippen LogP contribution in [-0.2, 0) is 0 Å². The summed E-state index contributed by atoms with van der Waals surface area (Å²) in [7, 11) is 4.06. The van der Waals surface area contributed by atoms with Gasteiger partial charge in [0.05, 0.1) is 12.0 Å². The van der Waals surface area contributed by atoms with E-state index in [9.17, 15) is 0 Å². The number of rotatable bonds is 3. The summed E-state index contributed by atoms with van der Waals surface area (Å²) in [5.74, 6) is 1.93. The van der Waals surface area contributed by atoms with Crippen molar-refractivity contribution in [1.29, 1.82) is 0 Å². The van der Waals surface area contributed by atoms with E-state index in [2.05, 4.69) is 41.1 Å². The van der Waals surface area contributed by atoms with E-state index >= 15 is 0 Å². The molecule has 0 saturated carbocycles. The second-order valence-corrected chi connectivity index (χ2v) is 6.97. The number of anilines is 3. The molecule has 0 saturated heterocycles. The molecule has 4 nitrogen and oxygen atoms in total. The van der Waals surface area contributed by atoms with Crippen LogP contribution >= 0.6 is 0 Å². The predicted octanol–water partition coefficient (Wildman–Crippen LogP) is 4.51. The summed E-state index contributed by atoms with van der Waals surface area (Å²) in [4.78, 5) is 2.08. The molecule has 0 spiro atoms. The lowest BCUT2D eigenvalue weighted by atomic mass is 9.84. The smallest absolute Gasteiger partial charge is 0.134 e. The lowest BCUT2D eigenvalue weighted by Crippen LogP contribution is -2.29. The molecule has 2 atom stereocenters. The van der Waals surface area contributed by atoms with Gasteiger partial charge in [-0.1, -0.05) is 24.8 Å². The number of benzene rings is 2. The second-order valence-electron chi connectivity index (χ2n) is 6.97. The summed E-state index contributed by atoms with van der Waals surface area (Å²) in [6.07, 6.45) is 6.23. The van der Waals surface area contributed by atoms with Crippen molar-refractivity contribution in [3.8, 4) is 5.75 Å². The Bertz CT molecular complexity index is 909. The van der Waals surface area contributed by atoms with Crippen molar-refractivity contribution in [2.45, 2.75) is 6.04 Å². The van der Waals surface area contributed by atoms with Gasteiger partial charge >= 0.3 is 0 Å². The van der Waals surface area contributed by atoms with Crippen molar-refractivity contribution in [2.24, 2.45) is 5.92 Å². The summed E-state index contributed by atoms with van der Waals surface area (Å²) in [6, 6.07) is 14.3. The van der Waals surface area contributed by atoms with Crippen molar-refractivity contribution in [3.05, 3.63) is 84.2 Å². The van der Waals surface area contributed by atoms with Crippen LogP contribution in [0, 0.1) is 5.92 Å². The Morgan fingerprint density at radius 1 is 1.12 bits per heavy atom. The van der Waals surface area contributed by atoms with Gasteiger partial charge in [-0.05, 0) is 42.0 Å². The van der Waals surface area contributed by atoms with Crippen LogP contribution in [0.1, 0.15) is 11.6 Å². The number of allylic oxidation sites excluding steroid dienone is 3. The third-order valence-corrected chi connectivity index (χ3v) is 4.84. The molecular formula is C22H23N3O. The average Bonchev–Trinajstić information content (AvgIpc) is 2.62. The van der Waals surface area contributed by atoms with Crippen LogP contribution in [0.4, 0.5) is 17.1 Å². The first-order valence-electron chi connectivity index (χ1n) is 8.71. The number of nitrogen functional groups attached to an aromatic ring is 1. The van der Waals surface area contributed by atoms with Gasteiger partial charge in [-0.2, -0.15) is 0 Å². The standard InChI is InChI=1S/C22H23N3O/c1-14-4-10-18-20(12-14)26-21-13-17(25(2)3)9-11-19(21)22(18)24-16-7-5-15(23)6-8-16/h4-13,18,22,24H,1,23H2,2-3H3. The molecule has 0 radical (unpaired) electrons. The minimum absolute atomic E-state index is 0.0780. The molecule has 2 aliphatic rings. The molecule has 2 aromatic carbocycles. The van der Waals surface area contributed by atoms with Gasteiger partial charge < -0.3 is 20.7 Å². The fourth-order valence-electron chi connectivity index (χ4n) is 3.42. The highest BCUT2D eigenvalue weighted by Gasteiger charge is 2.35. The van der Waals surface area contributed by atoms with Crippen LogP contribution in [0.15, 0.2) is 78.6 Å². The maximum absolute atomic E-state index is 6.25. The van der Waals surface area contributed by atoms with Crippen molar-refractivity contribution >= 4 is 17.1 Å². The van der Waals surface area contributed by atoms with Gasteiger partial charge in [0.25, 0.3) is 0 Å². The van der Waals surface area contributed by atoms with E-state index in [4.69, 9.17) is 10.5 Å². The highest BCUT2D eigenvalue weighted by Crippen LogP contribution is 2.45. The number of hydrogen-bond donors (Lipinski definition) is 2. The zero-order chi connectivity index (χ0) is 18.3. The lowest BCUT2D eigenvalue weighted by Gasteiger charge is -2.36. The third kappa shape index (κ3) is 2.94. The quantitative estimate of drug-likeness (QED) is 0.804. The van der Waals surface area contributed by atoms with E-state index in [0.717, 1.165) is 39.7 Å². The fourth-order valence-corrected chi connectivity index (χ4v) is 3.42. The first kappa shape index (κ1) is 16.3. The lowest BCUT2D eigenvalue weighted by molar-refractivity contribution is 0.319. The summed E-state index contributed by atoms with van der Waals surface area (Å²) in [5, 5.41) is 3.66. The second kappa shape index (κ2) is 6.30. The van der Waals surface area contributed by atoms with Crippen LogP contribution < -0.4 is 20.7 Å². The number of ether oxygens (including phenoxy) is 1. The normalized spacial score (nSPS) is 20.5. The minimum atomic E-state index is 0.0780. The first-order valence-corrected chi connectivity index (χ1v) is 8.71. The maximum Gasteiger partial charge on any atom is 0.134 e. The first-order chi connectivity index (χ1) is 12.5. The molecule has 132 valence electrons. The van der Waals surface area contributed by atoms with Crippen molar-refractivity contribution < 1.29 is 4.74 Å². The van der Waals surface area contributed by atoms with Crippen LogP contribution in [0.5, 0.6) is 5.75 Å². The molecule has 0 bridgehead atoms. The molecule has 26 heavy (non-hydrogen) atoms. The number of nitrogens with one attached hydrogen (secondary N) is 1. The maximum atomic E-state index is 6.25. The number of fused-ring (bicyclic) bond motifs is 2. The predicted molar refractivity (Wildman–Crippen MR) is 108 cm³/mol. The van der Waals surface area contributed by atoms with Gasteiger partial charge in [0, 0.05) is 42.8 Å². The van der Waals surface area contributed by atoms with Crippen LogP contribution in [-0.4, -0.2) is 14.1 Å². The molecule has 0 amide bonds. The van der Waals surface area contributed by atoms with E-state index < -0.39 is 0 Å². The average molecular weight is 345 g/mol. The monoisotopic (exact) mass is 345 g/mol. The van der Waals surface area contributed by atoms with Crippen molar-refractivity contribution in [3.63, 3.8) is 0 Å². The molecule has 3 N–H and O–H groups in total. The largest absolute Gasteiger partial charge is 0.461 e. The van der Waals surface area contributed by atoms with Gasteiger partial charge in [-0.3, -0.25) is 0 Å². The summed E-state index contributed by atoms with van der Waals surface area (Å²) in [6.45, 7) is 4.04. The molecule has 2 unspecified atom stereocenters. The minimum Gasteiger partial charge on any atom is -0.461 e. The number of nitrogens with zero attached hydrogens (tertiary/aromatic N) is 1. The van der Waals surface area contributed by atoms with E-state index in [1.165, 1.54) is 0 Å². The number of nitrogens with two attached hydrogens (primary N) is 1. The van der Waals surface area contributed by atoms with Gasteiger partial charge in [0.2, 0.25) is 0 Å². The fraction of sp³-hybridized carbons (Fsp3) is 0.182. The number of hydrogen-bond acceptors (Lipinski definition) is 4. The highest BCUT2D eigenvalue weighted by molar-refractivity contribution is 5.60. The van der Waals surface area contributed by atoms with Gasteiger partial charge in [-0.15, -0.1) is 0 Å². The highest BCUT2D eigenvalue weighted by atomic mass is 16.5. The molecule has 2 aromatic rings. The van der Waals surface area contributed by atoms with Gasteiger partial charge in [0.1, 0.15) is 11.5 Å². The summed E-state index contributed by atoms with van der Waals surface area (Å²) >= 11 is 0. The third-order valence-electron chi connectivity index (χ3n) is 4.84. The van der Waals surface area contributed by atoms with Crippen molar-refractivity contribution in [2.75, 3.05) is 30.0 Å². The molecule has 4 rings (SSSR count). The Labute approximate surface area is 154 Å². The van der Waals surface area contributed by atoms with E-state index in [1.54, 1.807) is 0 Å². The van der Waals surface area contributed by atoms with Crippen LogP contribution in [0.25, 0.3) is 0 Å². The van der Waals surface area contributed by atoms with Crippen LogP contribution in [0.3, 0.4) is 0 Å². The molecule has 4 heteroatoms. The topological polar surface area (TPSA) is 50.5 Å². The zero-order valence-electron chi connectivity index (χ0n) is 15.1. The van der Waals surface area contributed by atoms with Gasteiger partial charge in [-0.25, -0.2) is 0 Å². The Kier molecular flexibility index (Phi) is 3.96. The van der Waals surface area contributed by atoms with E-state index in [-0.39, 0.29) is 12.0 Å². The molecule has 0 aromatic heterocycles. The molecule has 1 aliphatic carbocycles. The Morgan fingerprint density at radius 2 is 1.88 bits per heavy atom. The Morgan fingerprint density at radius 3 is 2.62 bits per heavy atom. The van der Waals surface area contributed by atoms with Crippen LogP contribution in [0.2, 0.25) is 0 Å². The SMILES string of the molecule is C=C1C=CC2C(=C1)Oc1cc(N(C)C)ccc1C2Nc1ccc(N)cc1. The Hall–Kier alpha value is -3.14. The molecule has 1 aliphatic heterocycles. The van der Waals surface area contributed by atoms with E-state index in [0.29, 0.717) is 0 Å². The Balaban J connectivity index is 1.77. The molecule has 0 fully saturated rings. The summed E-state index contributed by atoms with van der Waals surface area (Å²) in [5.41, 5.74) is 10.8. The van der Waals surface area contributed by atoms with Crippen molar-refractivity contribution in [1.82, 2.24) is 0 Å². The molecule has 1 heterocycles. The molecular weight excluding hydrogens is 322 g/mol. The van der Waals surface area contributed by atoms with Gasteiger partial charge in [0.15, 0.2) is 0 Å². The van der Waals surface area contributed by atoms with E-state index in [1.807, 2.05) is 50.5 Å².